The van der Waals surface area contributed by atoms with Crippen molar-refractivity contribution in [1.82, 2.24) is 14.9 Å². The van der Waals surface area contributed by atoms with Gasteiger partial charge in [-0.2, -0.15) is 0 Å². The topological polar surface area (TPSA) is 29.9 Å². The van der Waals surface area contributed by atoms with Crippen molar-refractivity contribution in [1.29, 1.82) is 0 Å². The second-order valence-electron chi connectivity index (χ2n) is 5.48. The number of imidazole rings is 1. The zero-order valence-electron chi connectivity index (χ0n) is 12.1. The molecule has 3 nitrogen and oxygen atoms in total. The molecule has 104 valence electrons. The lowest BCUT2D eigenvalue weighted by atomic mass is 10.3. The van der Waals surface area contributed by atoms with Crippen LogP contribution in [0.4, 0.5) is 0 Å². The summed E-state index contributed by atoms with van der Waals surface area (Å²) in [5.74, 6) is 1.16. The summed E-state index contributed by atoms with van der Waals surface area (Å²) in [7, 11) is 0. The minimum absolute atomic E-state index is 0.431. The number of hydrogen-bond acceptors (Lipinski definition) is 2. The van der Waals surface area contributed by atoms with E-state index >= 15 is 0 Å². The van der Waals surface area contributed by atoms with E-state index in [0.29, 0.717) is 12.1 Å². The van der Waals surface area contributed by atoms with Crippen LogP contribution in [0.1, 0.15) is 39.6 Å². The summed E-state index contributed by atoms with van der Waals surface area (Å²) in [5, 5.41) is 3.45. The lowest BCUT2D eigenvalue weighted by Gasteiger charge is -2.14. The Morgan fingerprint density at radius 1 is 1.26 bits per heavy atom. The lowest BCUT2D eigenvalue weighted by molar-refractivity contribution is 0.546. The monoisotopic (exact) mass is 323 g/mol. The number of aromatic nitrogens is 2. The van der Waals surface area contributed by atoms with Crippen LogP contribution in [-0.2, 0) is 6.42 Å². The Hall–Kier alpha value is -0.870. The van der Waals surface area contributed by atoms with Crippen molar-refractivity contribution < 1.29 is 0 Å². The molecule has 0 bridgehead atoms. The van der Waals surface area contributed by atoms with Gasteiger partial charge in [0.1, 0.15) is 5.82 Å². The molecular formula is C15H22BrN3. The van der Waals surface area contributed by atoms with E-state index in [2.05, 4.69) is 71.7 Å². The second kappa shape index (κ2) is 6.06. The Kier molecular flexibility index (Phi) is 4.63. The maximum absolute atomic E-state index is 4.78. The molecule has 0 aliphatic heterocycles. The van der Waals surface area contributed by atoms with Gasteiger partial charge in [-0.3, -0.25) is 0 Å². The van der Waals surface area contributed by atoms with E-state index in [0.717, 1.165) is 28.8 Å². The minimum Gasteiger partial charge on any atom is -0.325 e. The molecule has 0 aliphatic rings. The van der Waals surface area contributed by atoms with E-state index in [4.69, 9.17) is 4.98 Å². The van der Waals surface area contributed by atoms with Crippen molar-refractivity contribution >= 4 is 27.0 Å². The average molecular weight is 324 g/mol. The molecule has 1 N–H and O–H groups in total. The van der Waals surface area contributed by atoms with Crippen LogP contribution in [0, 0.1) is 0 Å². The molecule has 0 fully saturated rings. The van der Waals surface area contributed by atoms with Gasteiger partial charge < -0.3 is 9.88 Å². The Morgan fingerprint density at radius 2 is 2.00 bits per heavy atom. The molecule has 2 aromatic rings. The van der Waals surface area contributed by atoms with E-state index in [1.165, 1.54) is 5.52 Å². The predicted molar refractivity (Wildman–Crippen MR) is 84.7 cm³/mol. The highest BCUT2D eigenvalue weighted by Gasteiger charge is 2.13. The van der Waals surface area contributed by atoms with Crippen LogP contribution in [-0.4, -0.2) is 22.1 Å². The molecule has 1 heterocycles. The lowest BCUT2D eigenvalue weighted by Crippen LogP contribution is -2.26. The maximum atomic E-state index is 4.78. The molecule has 0 amide bonds. The summed E-state index contributed by atoms with van der Waals surface area (Å²) in [6, 6.07) is 7.27. The summed E-state index contributed by atoms with van der Waals surface area (Å²) in [4.78, 5) is 4.78. The van der Waals surface area contributed by atoms with Gasteiger partial charge in [-0.25, -0.2) is 4.98 Å². The van der Waals surface area contributed by atoms with Gasteiger partial charge in [0.15, 0.2) is 0 Å². The number of fused-ring (bicyclic) bond motifs is 1. The van der Waals surface area contributed by atoms with Crippen molar-refractivity contribution in [3.63, 3.8) is 0 Å². The fourth-order valence-corrected chi connectivity index (χ4v) is 2.70. The van der Waals surface area contributed by atoms with Gasteiger partial charge in [0, 0.05) is 29.5 Å². The molecule has 0 radical (unpaired) electrons. The Bertz CT molecular complexity index is 558. The third-order valence-electron chi connectivity index (χ3n) is 3.14. The highest BCUT2D eigenvalue weighted by molar-refractivity contribution is 9.10. The number of halogens is 1. The van der Waals surface area contributed by atoms with Gasteiger partial charge in [0.05, 0.1) is 11.0 Å². The molecule has 0 spiro atoms. The first-order valence-corrected chi connectivity index (χ1v) is 7.68. The molecule has 4 heteroatoms. The SMILES string of the molecule is CC(C)NCCc1nc2cc(Br)ccc2n1C(C)C. The first-order chi connectivity index (χ1) is 8.99. The fraction of sp³-hybridized carbons (Fsp3) is 0.533. The molecule has 0 saturated carbocycles. The van der Waals surface area contributed by atoms with Gasteiger partial charge in [-0.1, -0.05) is 29.8 Å². The third kappa shape index (κ3) is 3.37. The quantitative estimate of drug-likeness (QED) is 0.903. The van der Waals surface area contributed by atoms with Gasteiger partial charge >= 0.3 is 0 Å². The Labute approximate surface area is 123 Å². The van der Waals surface area contributed by atoms with Crippen molar-refractivity contribution in [2.45, 2.75) is 46.2 Å². The number of nitrogens with zero attached hydrogens (tertiary/aromatic N) is 2. The molecule has 0 saturated heterocycles. The van der Waals surface area contributed by atoms with E-state index < -0.39 is 0 Å². The number of rotatable bonds is 5. The van der Waals surface area contributed by atoms with E-state index in [9.17, 15) is 0 Å². The van der Waals surface area contributed by atoms with Crippen LogP contribution in [0.25, 0.3) is 11.0 Å². The molecule has 0 aliphatic carbocycles. The predicted octanol–water partition coefficient (Wildman–Crippen LogP) is 3.92. The first-order valence-electron chi connectivity index (χ1n) is 6.88. The first kappa shape index (κ1) is 14.5. The van der Waals surface area contributed by atoms with E-state index in [1.54, 1.807) is 0 Å². The van der Waals surface area contributed by atoms with E-state index in [1.807, 2.05) is 0 Å². The average Bonchev–Trinajstić information content (AvgIpc) is 2.65. The summed E-state index contributed by atoms with van der Waals surface area (Å²) in [6.45, 7) is 9.73. The summed E-state index contributed by atoms with van der Waals surface area (Å²) < 4.78 is 3.42. The van der Waals surface area contributed by atoms with Crippen molar-refractivity contribution in [3.05, 3.63) is 28.5 Å². The van der Waals surface area contributed by atoms with E-state index in [-0.39, 0.29) is 0 Å². The van der Waals surface area contributed by atoms with Crippen LogP contribution >= 0.6 is 15.9 Å². The number of hydrogen-bond donors (Lipinski definition) is 1. The molecule has 1 aromatic carbocycles. The minimum atomic E-state index is 0.431. The second-order valence-corrected chi connectivity index (χ2v) is 6.40. The molecule has 19 heavy (non-hydrogen) atoms. The van der Waals surface area contributed by atoms with Crippen molar-refractivity contribution in [2.75, 3.05) is 6.54 Å². The van der Waals surface area contributed by atoms with Crippen molar-refractivity contribution in [2.24, 2.45) is 0 Å². The summed E-state index contributed by atoms with van der Waals surface area (Å²) in [5.41, 5.74) is 2.29. The van der Waals surface area contributed by atoms with Gasteiger partial charge in [0.25, 0.3) is 0 Å². The highest BCUT2D eigenvalue weighted by Crippen LogP contribution is 2.24. The summed E-state index contributed by atoms with van der Waals surface area (Å²) in [6.07, 6.45) is 0.961. The number of benzene rings is 1. The normalized spacial score (nSPS) is 11.9. The van der Waals surface area contributed by atoms with Gasteiger partial charge in [-0.15, -0.1) is 0 Å². The summed E-state index contributed by atoms with van der Waals surface area (Å²) >= 11 is 3.51. The fourth-order valence-electron chi connectivity index (χ4n) is 2.35. The smallest absolute Gasteiger partial charge is 0.111 e. The maximum Gasteiger partial charge on any atom is 0.111 e. The highest BCUT2D eigenvalue weighted by atomic mass is 79.9. The largest absolute Gasteiger partial charge is 0.325 e. The molecular weight excluding hydrogens is 302 g/mol. The molecule has 2 rings (SSSR count). The van der Waals surface area contributed by atoms with Crippen LogP contribution in [0.3, 0.4) is 0 Å². The number of nitrogens with one attached hydrogen (secondary N) is 1. The van der Waals surface area contributed by atoms with Crippen molar-refractivity contribution in [3.8, 4) is 0 Å². The van der Waals surface area contributed by atoms with Crippen LogP contribution in [0.2, 0.25) is 0 Å². The molecule has 1 aromatic heterocycles. The zero-order valence-corrected chi connectivity index (χ0v) is 13.7. The third-order valence-corrected chi connectivity index (χ3v) is 3.64. The molecule has 0 unspecified atom stereocenters. The Morgan fingerprint density at radius 3 is 2.63 bits per heavy atom. The molecule has 0 atom stereocenters. The van der Waals surface area contributed by atoms with Crippen LogP contribution in [0.5, 0.6) is 0 Å². The Balaban J connectivity index is 2.33. The van der Waals surface area contributed by atoms with Crippen LogP contribution in [0.15, 0.2) is 22.7 Å². The standard InChI is InChI=1S/C15H22BrN3/c1-10(2)17-8-7-15-18-13-9-12(16)5-6-14(13)19(15)11(3)4/h5-6,9-11,17H,7-8H2,1-4H3. The van der Waals surface area contributed by atoms with Gasteiger partial charge in [0.2, 0.25) is 0 Å². The van der Waals surface area contributed by atoms with Crippen LogP contribution < -0.4 is 5.32 Å². The van der Waals surface area contributed by atoms with Gasteiger partial charge in [-0.05, 0) is 32.0 Å². The zero-order chi connectivity index (χ0) is 14.0.